The maximum absolute atomic E-state index is 5.11. The summed E-state index contributed by atoms with van der Waals surface area (Å²) >= 11 is 0. The molecule has 15 heavy (non-hydrogen) atoms. The van der Waals surface area contributed by atoms with Gasteiger partial charge in [-0.2, -0.15) is 0 Å². The molecule has 0 fully saturated rings. The van der Waals surface area contributed by atoms with Gasteiger partial charge in [-0.05, 0) is 13.8 Å². The zero-order valence-electron chi connectivity index (χ0n) is 9.52. The van der Waals surface area contributed by atoms with E-state index < -0.39 is 0 Å². The Kier molecular flexibility index (Phi) is 4.09. The van der Waals surface area contributed by atoms with Crippen LogP contribution in [0.15, 0.2) is 27.8 Å². The zero-order valence-corrected chi connectivity index (χ0v) is 9.52. The van der Waals surface area contributed by atoms with Crippen molar-refractivity contribution in [3.05, 3.63) is 35.9 Å². The molecule has 82 valence electrons. The highest BCUT2D eigenvalue weighted by Crippen LogP contribution is 2.16. The van der Waals surface area contributed by atoms with Crippen molar-refractivity contribution in [2.45, 2.75) is 33.6 Å². The Labute approximate surface area is 89.3 Å². The molecular weight excluding hydrogens is 192 g/mol. The van der Waals surface area contributed by atoms with Gasteiger partial charge >= 0.3 is 0 Å². The van der Waals surface area contributed by atoms with Crippen molar-refractivity contribution in [3.63, 3.8) is 0 Å². The number of hydrogen-bond acceptors (Lipinski definition) is 4. The van der Waals surface area contributed by atoms with E-state index in [4.69, 9.17) is 4.42 Å². The van der Waals surface area contributed by atoms with E-state index in [0.717, 1.165) is 17.0 Å². The first-order valence-corrected chi connectivity index (χ1v) is 4.87. The van der Waals surface area contributed by atoms with Gasteiger partial charge in [0.2, 0.25) is 0 Å². The van der Waals surface area contributed by atoms with Crippen LogP contribution in [0.3, 0.4) is 0 Å². The van der Waals surface area contributed by atoms with Crippen LogP contribution in [-0.4, -0.2) is 10.1 Å². The summed E-state index contributed by atoms with van der Waals surface area (Å²) in [7, 11) is 0. The molecule has 0 saturated carbocycles. The first-order chi connectivity index (χ1) is 7.11. The van der Waals surface area contributed by atoms with Crippen LogP contribution in [0.5, 0.6) is 0 Å². The number of rotatable bonds is 1. The van der Waals surface area contributed by atoms with Gasteiger partial charge in [0.15, 0.2) is 6.39 Å². The van der Waals surface area contributed by atoms with Crippen molar-refractivity contribution in [2.24, 2.45) is 0 Å². The third-order valence-corrected chi connectivity index (χ3v) is 1.86. The van der Waals surface area contributed by atoms with Crippen LogP contribution in [0.4, 0.5) is 0 Å². The van der Waals surface area contributed by atoms with E-state index in [-0.39, 0.29) is 0 Å². The van der Waals surface area contributed by atoms with Gasteiger partial charge in [0, 0.05) is 11.5 Å². The van der Waals surface area contributed by atoms with Crippen LogP contribution in [0.2, 0.25) is 0 Å². The predicted octanol–water partition coefficient (Wildman–Crippen LogP) is 3.09. The molecule has 0 saturated heterocycles. The Morgan fingerprint density at radius 2 is 2.00 bits per heavy atom. The van der Waals surface area contributed by atoms with E-state index in [9.17, 15) is 0 Å². The fourth-order valence-electron chi connectivity index (χ4n) is 1.12. The number of hydrogen-bond donors (Lipinski definition) is 0. The topological polar surface area (TPSA) is 52.1 Å². The molecule has 4 nitrogen and oxygen atoms in total. The van der Waals surface area contributed by atoms with Crippen molar-refractivity contribution in [2.75, 3.05) is 0 Å². The van der Waals surface area contributed by atoms with Crippen molar-refractivity contribution >= 4 is 0 Å². The molecule has 0 aliphatic rings. The summed E-state index contributed by atoms with van der Waals surface area (Å²) in [6, 6.07) is 0. The minimum absolute atomic E-state index is 0.451. The Bertz CT molecular complexity index is 377. The lowest BCUT2D eigenvalue weighted by Gasteiger charge is -1.97. The second kappa shape index (κ2) is 5.34. The third kappa shape index (κ3) is 3.58. The van der Waals surface area contributed by atoms with Gasteiger partial charge in [0.05, 0.1) is 11.9 Å². The number of nitrogens with zero attached hydrogens (tertiary/aromatic N) is 2. The lowest BCUT2D eigenvalue weighted by Crippen LogP contribution is -1.86. The standard InChI is InChI=1S/C7H11NO.C4H5NO/c1-5(2)7-6(3)8-4-9-7;1-4-2-5-6-3-4/h4-5H,1-3H3;2-3H,1H3. The van der Waals surface area contributed by atoms with Crippen LogP contribution in [0, 0.1) is 13.8 Å². The smallest absolute Gasteiger partial charge is 0.181 e. The molecule has 2 aromatic heterocycles. The highest BCUT2D eigenvalue weighted by atomic mass is 16.5. The minimum atomic E-state index is 0.451. The molecule has 0 aliphatic heterocycles. The molecule has 0 N–H and O–H groups in total. The van der Waals surface area contributed by atoms with Gasteiger partial charge in [-0.3, -0.25) is 0 Å². The Balaban J connectivity index is 0.000000162. The van der Waals surface area contributed by atoms with Crippen molar-refractivity contribution in [1.82, 2.24) is 10.1 Å². The summed E-state index contributed by atoms with van der Waals surface area (Å²) in [6.45, 7) is 8.07. The first-order valence-electron chi connectivity index (χ1n) is 4.87. The Hall–Kier alpha value is -1.58. The molecule has 0 radical (unpaired) electrons. The van der Waals surface area contributed by atoms with Crippen LogP contribution >= 0.6 is 0 Å². The Morgan fingerprint density at radius 3 is 2.20 bits per heavy atom. The Morgan fingerprint density at radius 1 is 1.27 bits per heavy atom. The molecule has 0 amide bonds. The van der Waals surface area contributed by atoms with Crippen molar-refractivity contribution < 1.29 is 8.94 Å². The average molecular weight is 208 g/mol. The molecule has 4 heteroatoms. The number of aromatic nitrogens is 2. The van der Waals surface area contributed by atoms with Crippen molar-refractivity contribution in [3.8, 4) is 0 Å². The van der Waals surface area contributed by atoms with E-state index in [1.165, 1.54) is 6.39 Å². The van der Waals surface area contributed by atoms with E-state index in [1.54, 1.807) is 12.5 Å². The summed E-state index contributed by atoms with van der Waals surface area (Å²) in [6.07, 6.45) is 4.75. The van der Waals surface area contributed by atoms with Gasteiger partial charge in [-0.1, -0.05) is 19.0 Å². The summed E-state index contributed by atoms with van der Waals surface area (Å²) in [4.78, 5) is 3.97. The molecule has 0 atom stereocenters. The van der Waals surface area contributed by atoms with E-state index in [0.29, 0.717) is 5.92 Å². The average Bonchev–Trinajstić information content (AvgIpc) is 2.77. The van der Waals surface area contributed by atoms with Gasteiger partial charge in [-0.15, -0.1) is 0 Å². The van der Waals surface area contributed by atoms with Gasteiger partial charge in [0.1, 0.15) is 12.0 Å². The predicted molar refractivity (Wildman–Crippen MR) is 56.6 cm³/mol. The molecule has 0 aromatic carbocycles. The van der Waals surface area contributed by atoms with Gasteiger partial charge < -0.3 is 8.94 Å². The number of oxazole rings is 1. The quantitative estimate of drug-likeness (QED) is 0.722. The monoisotopic (exact) mass is 208 g/mol. The largest absolute Gasteiger partial charge is 0.448 e. The lowest BCUT2D eigenvalue weighted by molar-refractivity contribution is 0.419. The molecule has 2 heterocycles. The highest BCUT2D eigenvalue weighted by Gasteiger charge is 2.06. The second-order valence-electron chi connectivity index (χ2n) is 3.66. The summed E-state index contributed by atoms with van der Waals surface area (Å²) in [5.74, 6) is 1.45. The molecule has 2 rings (SSSR count). The summed E-state index contributed by atoms with van der Waals surface area (Å²) in [5.41, 5.74) is 2.07. The van der Waals surface area contributed by atoms with E-state index in [2.05, 4.69) is 28.5 Å². The van der Waals surface area contributed by atoms with Gasteiger partial charge in [0.25, 0.3) is 0 Å². The van der Waals surface area contributed by atoms with Crippen LogP contribution in [0.1, 0.15) is 36.8 Å². The highest BCUT2D eigenvalue weighted by molar-refractivity contribution is 5.08. The van der Waals surface area contributed by atoms with Crippen LogP contribution in [-0.2, 0) is 0 Å². The summed E-state index contributed by atoms with van der Waals surface area (Å²) < 4.78 is 9.58. The van der Waals surface area contributed by atoms with E-state index >= 15 is 0 Å². The first kappa shape index (κ1) is 11.5. The van der Waals surface area contributed by atoms with Gasteiger partial charge in [-0.25, -0.2) is 4.98 Å². The zero-order chi connectivity index (χ0) is 11.3. The molecule has 2 aromatic rings. The molecule has 0 spiro atoms. The summed E-state index contributed by atoms with van der Waals surface area (Å²) in [5, 5.41) is 3.45. The van der Waals surface area contributed by atoms with Crippen LogP contribution < -0.4 is 0 Å². The molecule has 0 bridgehead atoms. The second-order valence-corrected chi connectivity index (χ2v) is 3.66. The number of aryl methyl sites for hydroxylation is 2. The minimum Gasteiger partial charge on any atom is -0.448 e. The molecule has 0 unspecified atom stereocenters. The molecule has 0 aliphatic carbocycles. The third-order valence-electron chi connectivity index (χ3n) is 1.86. The maximum atomic E-state index is 5.11. The fourth-order valence-corrected chi connectivity index (χ4v) is 1.12. The normalized spacial score (nSPS) is 9.93. The van der Waals surface area contributed by atoms with Crippen LogP contribution in [0.25, 0.3) is 0 Å². The van der Waals surface area contributed by atoms with Crippen molar-refractivity contribution in [1.29, 1.82) is 0 Å². The fraction of sp³-hybridized carbons (Fsp3) is 0.455. The lowest BCUT2D eigenvalue weighted by atomic mass is 10.1. The van der Waals surface area contributed by atoms with E-state index in [1.807, 2.05) is 13.8 Å². The maximum Gasteiger partial charge on any atom is 0.181 e. The SMILES string of the molecule is Cc1cnoc1.Cc1ncoc1C(C)C. The molecular formula is C11H16N2O2.